The second kappa shape index (κ2) is 5.97. The molecule has 1 aliphatic carbocycles. The Morgan fingerprint density at radius 1 is 1.41 bits per heavy atom. The summed E-state index contributed by atoms with van der Waals surface area (Å²) in [4.78, 5) is 4.28. The third-order valence-corrected chi connectivity index (χ3v) is 3.36. The summed E-state index contributed by atoms with van der Waals surface area (Å²) >= 11 is 0. The van der Waals surface area contributed by atoms with Crippen molar-refractivity contribution in [3.05, 3.63) is 41.2 Å². The summed E-state index contributed by atoms with van der Waals surface area (Å²) in [7, 11) is 0. The Balaban J connectivity index is 2.24. The highest BCUT2D eigenvalue weighted by molar-refractivity contribution is 5.29. The molecule has 1 aliphatic rings. The van der Waals surface area contributed by atoms with E-state index in [1.54, 1.807) is 5.57 Å². The second-order valence-electron chi connectivity index (χ2n) is 4.75. The SMILES string of the molecule is CCNC(C1=CCCCC1)c1ccnc(C)c1. The van der Waals surface area contributed by atoms with Crippen LogP contribution in [0.3, 0.4) is 0 Å². The molecular weight excluding hydrogens is 208 g/mol. The van der Waals surface area contributed by atoms with Gasteiger partial charge in [-0.1, -0.05) is 18.6 Å². The molecular formula is C15H22N2. The molecule has 1 N–H and O–H groups in total. The fraction of sp³-hybridized carbons (Fsp3) is 0.533. The zero-order chi connectivity index (χ0) is 12.1. The van der Waals surface area contributed by atoms with Gasteiger partial charge in [0, 0.05) is 11.9 Å². The molecule has 17 heavy (non-hydrogen) atoms. The van der Waals surface area contributed by atoms with Crippen molar-refractivity contribution in [2.75, 3.05) is 6.54 Å². The maximum Gasteiger partial charge on any atom is 0.0537 e. The Morgan fingerprint density at radius 2 is 2.29 bits per heavy atom. The van der Waals surface area contributed by atoms with Crippen LogP contribution < -0.4 is 5.32 Å². The van der Waals surface area contributed by atoms with E-state index >= 15 is 0 Å². The van der Waals surface area contributed by atoms with Crippen LogP contribution >= 0.6 is 0 Å². The molecule has 0 spiro atoms. The predicted molar refractivity (Wildman–Crippen MR) is 71.9 cm³/mol. The minimum absolute atomic E-state index is 0.391. The summed E-state index contributed by atoms with van der Waals surface area (Å²) in [5.41, 5.74) is 4.01. The highest BCUT2D eigenvalue weighted by Gasteiger charge is 2.17. The highest BCUT2D eigenvalue weighted by Crippen LogP contribution is 2.29. The van der Waals surface area contributed by atoms with Crippen LogP contribution in [0.1, 0.15) is 49.9 Å². The van der Waals surface area contributed by atoms with E-state index in [4.69, 9.17) is 0 Å². The Hall–Kier alpha value is -1.15. The number of hydrogen-bond donors (Lipinski definition) is 1. The molecule has 0 fully saturated rings. The fourth-order valence-corrected chi connectivity index (χ4v) is 2.54. The van der Waals surface area contributed by atoms with Crippen molar-refractivity contribution in [2.45, 2.75) is 45.6 Å². The van der Waals surface area contributed by atoms with Gasteiger partial charge < -0.3 is 5.32 Å². The smallest absolute Gasteiger partial charge is 0.0537 e. The first kappa shape index (κ1) is 12.3. The lowest BCUT2D eigenvalue weighted by molar-refractivity contribution is 0.563. The van der Waals surface area contributed by atoms with Crippen molar-refractivity contribution in [1.82, 2.24) is 10.3 Å². The molecule has 1 atom stereocenters. The van der Waals surface area contributed by atoms with E-state index in [9.17, 15) is 0 Å². The van der Waals surface area contributed by atoms with Crippen LogP contribution in [0.2, 0.25) is 0 Å². The Kier molecular flexibility index (Phi) is 4.32. The van der Waals surface area contributed by atoms with Crippen molar-refractivity contribution in [1.29, 1.82) is 0 Å². The van der Waals surface area contributed by atoms with Crippen molar-refractivity contribution in [3.63, 3.8) is 0 Å². The zero-order valence-electron chi connectivity index (χ0n) is 10.9. The normalized spacial score (nSPS) is 17.6. The number of aryl methyl sites for hydroxylation is 1. The average molecular weight is 230 g/mol. The van der Waals surface area contributed by atoms with Crippen LogP contribution in [-0.4, -0.2) is 11.5 Å². The molecule has 1 aromatic rings. The predicted octanol–water partition coefficient (Wildman–Crippen LogP) is 3.54. The first-order valence-corrected chi connectivity index (χ1v) is 6.66. The Labute approximate surface area is 104 Å². The molecule has 0 radical (unpaired) electrons. The monoisotopic (exact) mass is 230 g/mol. The molecule has 2 rings (SSSR count). The van der Waals surface area contributed by atoms with Crippen LogP contribution in [0.25, 0.3) is 0 Å². The van der Waals surface area contributed by atoms with Gasteiger partial charge >= 0.3 is 0 Å². The van der Waals surface area contributed by atoms with E-state index < -0.39 is 0 Å². The third kappa shape index (κ3) is 3.16. The number of likely N-dealkylation sites (N-methyl/N-ethyl adjacent to an activating group) is 1. The van der Waals surface area contributed by atoms with E-state index in [2.05, 4.69) is 42.4 Å². The average Bonchev–Trinajstić information content (AvgIpc) is 2.37. The topological polar surface area (TPSA) is 24.9 Å². The van der Waals surface area contributed by atoms with E-state index in [1.165, 1.54) is 31.2 Å². The van der Waals surface area contributed by atoms with Gasteiger partial charge in [0.2, 0.25) is 0 Å². The summed E-state index contributed by atoms with van der Waals surface area (Å²) in [5, 5.41) is 3.60. The van der Waals surface area contributed by atoms with Crippen molar-refractivity contribution < 1.29 is 0 Å². The summed E-state index contributed by atoms with van der Waals surface area (Å²) in [6.07, 6.45) is 9.49. The van der Waals surface area contributed by atoms with Gasteiger partial charge in [0.1, 0.15) is 0 Å². The first-order chi connectivity index (χ1) is 8.31. The van der Waals surface area contributed by atoms with Gasteiger partial charge in [0.25, 0.3) is 0 Å². The fourth-order valence-electron chi connectivity index (χ4n) is 2.54. The molecule has 1 heterocycles. The van der Waals surface area contributed by atoms with Gasteiger partial charge in [-0.05, 0) is 56.8 Å². The van der Waals surface area contributed by atoms with Gasteiger partial charge in [-0.3, -0.25) is 4.98 Å². The number of hydrogen-bond acceptors (Lipinski definition) is 2. The van der Waals surface area contributed by atoms with Gasteiger partial charge in [-0.25, -0.2) is 0 Å². The largest absolute Gasteiger partial charge is 0.307 e. The van der Waals surface area contributed by atoms with E-state index in [1.807, 2.05) is 6.20 Å². The van der Waals surface area contributed by atoms with Crippen LogP contribution in [-0.2, 0) is 0 Å². The van der Waals surface area contributed by atoms with E-state index in [0.717, 1.165) is 12.2 Å². The van der Waals surface area contributed by atoms with Crippen molar-refractivity contribution in [3.8, 4) is 0 Å². The Bertz CT molecular complexity index is 396. The lowest BCUT2D eigenvalue weighted by Gasteiger charge is -2.24. The van der Waals surface area contributed by atoms with Gasteiger partial charge in [-0.15, -0.1) is 0 Å². The minimum atomic E-state index is 0.391. The molecule has 0 bridgehead atoms. The molecule has 0 saturated heterocycles. The van der Waals surface area contributed by atoms with Crippen molar-refractivity contribution >= 4 is 0 Å². The Morgan fingerprint density at radius 3 is 2.94 bits per heavy atom. The van der Waals surface area contributed by atoms with Gasteiger partial charge in [0.15, 0.2) is 0 Å². The van der Waals surface area contributed by atoms with Gasteiger partial charge in [0.05, 0.1) is 6.04 Å². The number of allylic oxidation sites excluding steroid dienone is 1. The van der Waals surface area contributed by atoms with Crippen LogP contribution in [0.5, 0.6) is 0 Å². The first-order valence-electron chi connectivity index (χ1n) is 6.66. The van der Waals surface area contributed by atoms with Gasteiger partial charge in [-0.2, -0.15) is 0 Å². The zero-order valence-corrected chi connectivity index (χ0v) is 10.9. The molecule has 0 amide bonds. The number of pyridine rings is 1. The highest BCUT2D eigenvalue weighted by atomic mass is 14.9. The molecule has 0 saturated carbocycles. The maximum atomic E-state index is 4.28. The molecule has 2 nitrogen and oxygen atoms in total. The lowest BCUT2D eigenvalue weighted by Crippen LogP contribution is -2.23. The van der Waals surface area contributed by atoms with E-state index in [-0.39, 0.29) is 0 Å². The standard InChI is InChI=1S/C15H22N2/c1-3-16-15(13-7-5-4-6-8-13)14-9-10-17-12(2)11-14/h7,9-11,15-16H,3-6,8H2,1-2H3. The lowest BCUT2D eigenvalue weighted by atomic mass is 9.90. The van der Waals surface area contributed by atoms with Crippen molar-refractivity contribution in [2.24, 2.45) is 0 Å². The summed E-state index contributed by atoms with van der Waals surface area (Å²) in [6.45, 7) is 5.23. The molecule has 1 aromatic heterocycles. The third-order valence-electron chi connectivity index (χ3n) is 3.36. The summed E-state index contributed by atoms with van der Waals surface area (Å²) < 4.78 is 0. The molecule has 92 valence electrons. The van der Waals surface area contributed by atoms with E-state index in [0.29, 0.717) is 6.04 Å². The quantitative estimate of drug-likeness (QED) is 0.800. The van der Waals surface area contributed by atoms with Crippen LogP contribution in [0.15, 0.2) is 30.0 Å². The van der Waals surface area contributed by atoms with Crippen LogP contribution in [0.4, 0.5) is 0 Å². The number of rotatable bonds is 4. The molecule has 1 unspecified atom stereocenters. The summed E-state index contributed by atoms with van der Waals surface area (Å²) in [5.74, 6) is 0. The number of aromatic nitrogens is 1. The number of nitrogens with one attached hydrogen (secondary N) is 1. The second-order valence-corrected chi connectivity index (χ2v) is 4.75. The minimum Gasteiger partial charge on any atom is -0.307 e. The molecule has 2 heteroatoms. The maximum absolute atomic E-state index is 4.28. The molecule has 0 aromatic carbocycles. The molecule has 0 aliphatic heterocycles. The summed E-state index contributed by atoms with van der Waals surface area (Å²) in [6, 6.07) is 4.72. The van der Waals surface area contributed by atoms with Crippen LogP contribution in [0, 0.1) is 6.92 Å². The number of nitrogens with zero attached hydrogens (tertiary/aromatic N) is 1.